The Hall–Kier alpha value is -4.65. The highest BCUT2D eigenvalue weighted by molar-refractivity contribution is 5.87. The Labute approximate surface area is 226 Å². The summed E-state index contributed by atoms with van der Waals surface area (Å²) < 4.78 is 26.6. The number of rotatable bonds is 7. The van der Waals surface area contributed by atoms with Crippen molar-refractivity contribution in [3.8, 4) is 11.5 Å². The van der Waals surface area contributed by atoms with E-state index in [0.29, 0.717) is 24.5 Å². The van der Waals surface area contributed by atoms with Gasteiger partial charge in [-0.15, -0.1) is 0 Å². The average molecular weight is 522 g/mol. The Bertz CT molecular complexity index is 1660. The maximum Gasteiger partial charge on any atom is 0.248 e. The van der Waals surface area contributed by atoms with Gasteiger partial charge in [-0.25, -0.2) is 9.37 Å². The summed E-state index contributed by atoms with van der Waals surface area (Å²) in [4.78, 5) is 19.0. The van der Waals surface area contributed by atoms with Crippen molar-refractivity contribution in [3.05, 3.63) is 124 Å². The van der Waals surface area contributed by atoms with Crippen LogP contribution in [0.1, 0.15) is 39.7 Å². The van der Waals surface area contributed by atoms with Crippen LogP contribution in [0.2, 0.25) is 0 Å². The van der Waals surface area contributed by atoms with Crippen LogP contribution in [0.25, 0.3) is 11.0 Å². The molecule has 1 aliphatic heterocycles. The lowest BCUT2D eigenvalue weighted by Gasteiger charge is -2.22. The van der Waals surface area contributed by atoms with Gasteiger partial charge in [0.15, 0.2) is 11.5 Å². The van der Waals surface area contributed by atoms with E-state index < -0.39 is 6.04 Å². The van der Waals surface area contributed by atoms with Crippen LogP contribution < -0.4 is 14.8 Å². The number of ether oxygens (including phenoxy) is 2. The zero-order valence-corrected chi connectivity index (χ0v) is 21.8. The molecule has 1 N–H and O–H groups in total. The van der Waals surface area contributed by atoms with Crippen LogP contribution in [0.5, 0.6) is 11.5 Å². The zero-order chi connectivity index (χ0) is 26.9. The molecule has 1 aromatic heterocycles. The number of halogens is 1. The molecule has 1 aliphatic rings. The molecule has 196 valence electrons. The van der Waals surface area contributed by atoms with Crippen LogP contribution in [-0.2, 0) is 17.8 Å². The van der Waals surface area contributed by atoms with Gasteiger partial charge < -0.3 is 19.4 Å². The minimum absolute atomic E-state index is 0.156. The van der Waals surface area contributed by atoms with Crippen LogP contribution in [0, 0.1) is 19.7 Å². The van der Waals surface area contributed by atoms with Gasteiger partial charge in [0.2, 0.25) is 12.7 Å². The summed E-state index contributed by atoms with van der Waals surface area (Å²) in [5.41, 5.74) is 6.61. The Kier molecular flexibility index (Phi) is 6.49. The smallest absolute Gasteiger partial charge is 0.248 e. The van der Waals surface area contributed by atoms with E-state index in [2.05, 4.69) is 31.3 Å². The van der Waals surface area contributed by atoms with E-state index in [9.17, 15) is 9.18 Å². The van der Waals surface area contributed by atoms with Crippen LogP contribution in [-0.4, -0.2) is 22.3 Å². The summed E-state index contributed by atoms with van der Waals surface area (Å²) in [6.07, 6.45) is 0.450. The third kappa shape index (κ3) is 4.95. The van der Waals surface area contributed by atoms with Gasteiger partial charge in [-0.2, -0.15) is 0 Å². The minimum atomic E-state index is -0.664. The van der Waals surface area contributed by atoms with Crippen molar-refractivity contribution >= 4 is 16.9 Å². The second-order valence-electron chi connectivity index (χ2n) is 9.85. The first kappa shape index (κ1) is 24.7. The molecular weight excluding hydrogens is 493 g/mol. The van der Waals surface area contributed by atoms with Gasteiger partial charge in [0.1, 0.15) is 17.7 Å². The van der Waals surface area contributed by atoms with Gasteiger partial charge in [-0.1, -0.05) is 48.5 Å². The molecule has 0 spiro atoms. The number of imidazole rings is 1. The molecular formula is C32H28FN3O3. The predicted molar refractivity (Wildman–Crippen MR) is 147 cm³/mol. The highest BCUT2D eigenvalue weighted by Gasteiger charge is 2.28. The molecule has 0 radical (unpaired) electrons. The number of carbonyl (C=O) groups excluding carboxylic acids is 1. The molecule has 1 atom stereocenters. The van der Waals surface area contributed by atoms with Gasteiger partial charge in [0, 0.05) is 13.0 Å². The molecule has 1 unspecified atom stereocenters. The third-order valence-electron chi connectivity index (χ3n) is 7.18. The summed E-state index contributed by atoms with van der Waals surface area (Å²) in [5.74, 6) is 1.66. The van der Waals surface area contributed by atoms with Gasteiger partial charge in [-0.3, -0.25) is 4.79 Å². The molecule has 0 fully saturated rings. The summed E-state index contributed by atoms with van der Waals surface area (Å²) in [6, 6.07) is 25.3. The minimum Gasteiger partial charge on any atom is -0.454 e. The van der Waals surface area contributed by atoms with Crippen LogP contribution in [0.15, 0.2) is 84.9 Å². The fourth-order valence-electron chi connectivity index (χ4n) is 4.99. The molecule has 4 aromatic carbocycles. The van der Waals surface area contributed by atoms with Crippen molar-refractivity contribution in [2.45, 2.75) is 32.9 Å². The lowest BCUT2D eigenvalue weighted by Crippen LogP contribution is -2.33. The number of amides is 1. The SMILES string of the molecule is Cc1cc2nc(Cc3ccc(F)cc3)n(C(C(=O)NCc3ccc4c(c3)OCO4)c3ccccc3)c2cc1C. The Morgan fingerprint density at radius 2 is 1.64 bits per heavy atom. The van der Waals surface area contributed by atoms with Crippen molar-refractivity contribution in [2.75, 3.05) is 6.79 Å². The summed E-state index contributed by atoms with van der Waals surface area (Å²) >= 11 is 0. The standard InChI is InChI=1S/C32H28FN3O3/c1-20-14-26-27(15-21(20)2)36(30(35-26)17-22-8-11-25(33)12-9-22)31(24-6-4-3-5-7-24)32(37)34-18-23-10-13-28-29(16-23)39-19-38-28/h3-16,31H,17-19H2,1-2H3,(H,34,37). The molecule has 0 saturated heterocycles. The first-order chi connectivity index (χ1) is 19.0. The van der Waals surface area contributed by atoms with Crippen molar-refractivity contribution in [3.63, 3.8) is 0 Å². The van der Waals surface area contributed by atoms with Crippen molar-refractivity contribution in [1.82, 2.24) is 14.9 Å². The number of hydrogen-bond donors (Lipinski definition) is 1. The number of nitrogens with one attached hydrogen (secondary N) is 1. The summed E-state index contributed by atoms with van der Waals surface area (Å²) in [5, 5.41) is 3.13. The number of carbonyl (C=O) groups is 1. The second kappa shape index (κ2) is 10.3. The van der Waals surface area contributed by atoms with Gasteiger partial charge >= 0.3 is 0 Å². The largest absolute Gasteiger partial charge is 0.454 e. The maximum atomic E-state index is 14.0. The normalized spacial score (nSPS) is 13.0. The maximum absolute atomic E-state index is 14.0. The predicted octanol–water partition coefficient (Wildman–Crippen LogP) is 6.02. The Morgan fingerprint density at radius 1 is 0.923 bits per heavy atom. The van der Waals surface area contributed by atoms with E-state index in [1.54, 1.807) is 12.1 Å². The van der Waals surface area contributed by atoms with E-state index in [1.807, 2.05) is 53.1 Å². The van der Waals surface area contributed by atoms with Crippen LogP contribution in [0.4, 0.5) is 4.39 Å². The molecule has 0 aliphatic carbocycles. The third-order valence-corrected chi connectivity index (χ3v) is 7.18. The molecule has 0 saturated carbocycles. The van der Waals surface area contributed by atoms with Crippen molar-refractivity contribution in [1.29, 1.82) is 0 Å². The number of fused-ring (bicyclic) bond motifs is 2. The molecule has 0 bridgehead atoms. The van der Waals surface area contributed by atoms with Crippen molar-refractivity contribution < 1.29 is 18.7 Å². The molecule has 1 amide bonds. The number of aromatic nitrogens is 2. The fraction of sp³-hybridized carbons (Fsp3) is 0.188. The number of hydrogen-bond acceptors (Lipinski definition) is 4. The molecule has 7 heteroatoms. The van der Waals surface area contributed by atoms with E-state index in [-0.39, 0.29) is 18.5 Å². The average Bonchev–Trinajstić information content (AvgIpc) is 3.54. The van der Waals surface area contributed by atoms with Gasteiger partial charge in [0.05, 0.1) is 11.0 Å². The first-order valence-electron chi connectivity index (χ1n) is 12.9. The lowest BCUT2D eigenvalue weighted by atomic mass is 10.0. The molecule has 5 aromatic rings. The van der Waals surface area contributed by atoms with Crippen LogP contribution >= 0.6 is 0 Å². The molecule has 2 heterocycles. The van der Waals surface area contributed by atoms with Gasteiger partial charge in [-0.05, 0) is 78.1 Å². The lowest BCUT2D eigenvalue weighted by molar-refractivity contribution is -0.123. The van der Waals surface area contributed by atoms with E-state index in [0.717, 1.165) is 44.7 Å². The van der Waals surface area contributed by atoms with E-state index in [1.165, 1.54) is 12.1 Å². The Morgan fingerprint density at radius 3 is 2.44 bits per heavy atom. The molecule has 6 rings (SSSR count). The highest BCUT2D eigenvalue weighted by Crippen LogP contribution is 2.33. The van der Waals surface area contributed by atoms with E-state index >= 15 is 0 Å². The van der Waals surface area contributed by atoms with Gasteiger partial charge in [0.25, 0.3) is 0 Å². The second-order valence-corrected chi connectivity index (χ2v) is 9.85. The summed E-state index contributed by atoms with van der Waals surface area (Å²) in [7, 11) is 0. The molecule has 39 heavy (non-hydrogen) atoms. The molecule has 6 nitrogen and oxygen atoms in total. The highest BCUT2D eigenvalue weighted by atomic mass is 19.1. The quantitative estimate of drug-likeness (QED) is 0.285. The fourth-order valence-corrected chi connectivity index (χ4v) is 4.99. The van der Waals surface area contributed by atoms with Crippen LogP contribution in [0.3, 0.4) is 0 Å². The topological polar surface area (TPSA) is 65.4 Å². The number of benzene rings is 4. The number of aryl methyl sites for hydroxylation is 2. The van der Waals surface area contributed by atoms with E-state index in [4.69, 9.17) is 14.5 Å². The first-order valence-corrected chi connectivity index (χ1v) is 12.9. The number of nitrogens with zero attached hydrogens (tertiary/aromatic N) is 2. The zero-order valence-electron chi connectivity index (χ0n) is 21.8. The Balaban J connectivity index is 1.42. The summed E-state index contributed by atoms with van der Waals surface area (Å²) in [6.45, 7) is 4.64. The monoisotopic (exact) mass is 521 g/mol. The van der Waals surface area contributed by atoms with Crippen molar-refractivity contribution in [2.24, 2.45) is 0 Å².